The second-order valence-electron chi connectivity index (χ2n) is 4.71. The van der Waals surface area contributed by atoms with Gasteiger partial charge in [0.2, 0.25) is 6.04 Å². The van der Waals surface area contributed by atoms with Crippen molar-refractivity contribution in [3.63, 3.8) is 0 Å². The zero-order valence-corrected chi connectivity index (χ0v) is 11.0. The zero-order chi connectivity index (χ0) is 14.1. The van der Waals surface area contributed by atoms with Crippen LogP contribution in [0.25, 0.3) is 11.4 Å². The third kappa shape index (κ3) is 2.11. The summed E-state index contributed by atoms with van der Waals surface area (Å²) in [6.45, 7) is 0.282. The molecule has 0 amide bonds. The largest absolute Gasteiger partial charge is 0.496 e. The fraction of sp³-hybridized carbons (Fsp3) is 0.385. The Morgan fingerprint density at radius 3 is 3.00 bits per heavy atom. The van der Waals surface area contributed by atoms with Gasteiger partial charge in [-0.25, -0.2) is 9.67 Å². The Bertz CT molecular complexity index is 653. The highest BCUT2D eigenvalue weighted by Crippen LogP contribution is 2.28. The van der Waals surface area contributed by atoms with Gasteiger partial charge in [0.25, 0.3) is 0 Å². The van der Waals surface area contributed by atoms with Crippen molar-refractivity contribution >= 4 is 0 Å². The molecule has 7 heteroatoms. The van der Waals surface area contributed by atoms with Gasteiger partial charge in [0, 0.05) is 17.8 Å². The van der Waals surface area contributed by atoms with Crippen LogP contribution in [0, 0.1) is 10.1 Å². The Balaban J connectivity index is 1.96. The SMILES string of the molecule is COc1ccccc1-c1nc2n(n1)CC([N+](=O)[O-])CC2. The average Bonchev–Trinajstić information content (AvgIpc) is 2.89. The molecule has 1 aliphatic rings. The molecule has 1 aromatic heterocycles. The molecule has 0 bridgehead atoms. The number of para-hydroxylation sites is 1. The molecule has 0 aliphatic carbocycles. The topological polar surface area (TPSA) is 83.1 Å². The normalized spacial score (nSPS) is 17.6. The highest BCUT2D eigenvalue weighted by Gasteiger charge is 2.29. The molecule has 1 atom stereocenters. The molecule has 0 spiro atoms. The number of nitro groups is 1. The van der Waals surface area contributed by atoms with Crippen LogP contribution in [0.5, 0.6) is 5.75 Å². The zero-order valence-electron chi connectivity index (χ0n) is 11.0. The van der Waals surface area contributed by atoms with Gasteiger partial charge in [-0.15, -0.1) is 0 Å². The van der Waals surface area contributed by atoms with Gasteiger partial charge < -0.3 is 4.74 Å². The van der Waals surface area contributed by atoms with Crippen LogP contribution in [0.1, 0.15) is 12.2 Å². The fourth-order valence-electron chi connectivity index (χ4n) is 2.41. The minimum Gasteiger partial charge on any atom is -0.496 e. The minimum atomic E-state index is -0.574. The van der Waals surface area contributed by atoms with Crippen molar-refractivity contribution in [1.29, 1.82) is 0 Å². The first-order valence-corrected chi connectivity index (χ1v) is 6.39. The smallest absolute Gasteiger partial charge is 0.232 e. The van der Waals surface area contributed by atoms with Gasteiger partial charge in [0.15, 0.2) is 5.82 Å². The van der Waals surface area contributed by atoms with Gasteiger partial charge in [-0.05, 0) is 12.1 Å². The van der Waals surface area contributed by atoms with E-state index < -0.39 is 6.04 Å². The van der Waals surface area contributed by atoms with Crippen molar-refractivity contribution in [3.05, 3.63) is 40.2 Å². The fourth-order valence-corrected chi connectivity index (χ4v) is 2.41. The molecule has 2 heterocycles. The first-order valence-electron chi connectivity index (χ1n) is 6.39. The maximum absolute atomic E-state index is 10.9. The summed E-state index contributed by atoms with van der Waals surface area (Å²) in [6.07, 6.45) is 1.09. The minimum absolute atomic E-state index is 0.243. The van der Waals surface area contributed by atoms with Gasteiger partial charge in [-0.1, -0.05) is 12.1 Å². The molecule has 1 aliphatic heterocycles. The Labute approximate surface area is 115 Å². The summed E-state index contributed by atoms with van der Waals surface area (Å²) in [6, 6.07) is 6.91. The van der Waals surface area contributed by atoms with Crippen molar-refractivity contribution in [2.75, 3.05) is 7.11 Å². The molecule has 0 saturated heterocycles. The molecule has 3 rings (SSSR count). The lowest BCUT2D eigenvalue weighted by atomic mass is 10.1. The van der Waals surface area contributed by atoms with Crippen LogP contribution in [0.4, 0.5) is 0 Å². The quantitative estimate of drug-likeness (QED) is 0.626. The molecule has 1 aromatic carbocycles. The monoisotopic (exact) mass is 274 g/mol. The summed E-state index contributed by atoms with van der Waals surface area (Å²) in [5.41, 5.74) is 0.801. The lowest BCUT2D eigenvalue weighted by Crippen LogP contribution is -2.31. The van der Waals surface area contributed by atoms with E-state index in [1.165, 1.54) is 0 Å². The second-order valence-corrected chi connectivity index (χ2v) is 4.71. The van der Waals surface area contributed by atoms with E-state index in [9.17, 15) is 10.1 Å². The molecular weight excluding hydrogens is 260 g/mol. The number of benzene rings is 1. The molecule has 104 valence electrons. The first-order chi connectivity index (χ1) is 9.69. The van der Waals surface area contributed by atoms with Crippen molar-refractivity contribution in [2.24, 2.45) is 0 Å². The summed E-state index contributed by atoms with van der Waals surface area (Å²) in [5.74, 6) is 2.05. The highest BCUT2D eigenvalue weighted by molar-refractivity contribution is 5.63. The number of ether oxygens (including phenoxy) is 1. The Hall–Kier alpha value is -2.44. The summed E-state index contributed by atoms with van der Waals surface area (Å²) in [7, 11) is 1.59. The van der Waals surface area contributed by atoms with E-state index in [-0.39, 0.29) is 11.5 Å². The molecule has 1 unspecified atom stereocenters. The third-order valence-electron chi connectivity index (χ3n) is 3.48. The predicted molar refractivity (Wildman–Crippen MR) is 71.1 cm³/mol. The molecule has 7 nitrogen and oxygen atoms in total. The van der Waals surface area contributed by atoms with Gasteiger partial charge in [-0.2, -0.15) is 5.10 Å². The van der Waals surface area contributed by atoms with Gasteiger partial charge in [0.05, 0.1) is 12.7 Å². The molecule has 0 radical (unpaired) electrons. The number of methoxy groups -OCH3 is 1. The standard InChI is InChI=1S/C13H14N4O3/c1-20-11-5-3-2-4-10(11)13-14-12-7-6-9(17(18)19)8-16(12)15-13/h2-5,9H,6-8H2,1H3. The first kappa shape index (κ1) is 12.6. The van der Waals surface area contributed by atoms with Gasteiger partial charge >= 0.3 is 0 Å². The summed E-state index contributed by atoms with van der Waals surface area (Å²) < 4.78 is 6.93. The van der Waals surface area contributed by atoms with Crippen molar-refractivity contribution < 1.29 is 9.66 Å². The van der Waals surface area contributed by atoms with Crippen molar-refractivity contribution in [3.8, 4) is 17.1 Å². The number of fused-ring (bicyclic) bond motifs is 1. The van der Waals surface area contributed by atoms with Crippen LogP contribution in [0.2, 0.25) is 0 Å². The third-order valence-corrected chi connectivity index (χ3v) is 3.48. The van der Waals surface area contributed by atoms with Crippen LogP contribution < -0.4 is 4.74 Å². The predicted octanol–water partition coefficient (Wildman–Crippen LogP) is 1.55. The maximum atomic E-state index is 10.9. The van der Waals surface area contributed by atoms with Crippen molar-refractivity contribution in [2.45, 2.75) is 25.4 Å². The summed E-state index contributed by atoms with van der Waals surface area (Å²) in [4.78, 5) is 15.1. The molecule has 2 aromatic rings. The van der Waals surface area contributed by atoms with Gasteiger partial charge in [-0.3, -0.25) is 10.1 Å². The molecule has 0 saturated carbocycles. The lowest BCUT2D eigenvalue weighted by Gasteiger charge is -2.15. The highest BCUT2D eigenvalue weighted by atomic mass is 16.6. The second kappa shape index (κ2) is 4.92. The average molecular weight is 274 g/mol. The number of hydrogen-bond donors (Lipinski definition) is 0. The molecule has 0 N–H and O–H groups in total. The van der Waals surface area contributed by atoms with Crippen LogP contribution in [-0.4, -0.2) is 32.8 Å². The number of aryl methyl sites for hydroxylation is 1. The number of aromatic nitrogens is 3. The van der Waals surface area contributed by atoms with Crippen LogP contribution in [-0.2, 0) is 13.0 Å². The molecule has 0 fully saturated rings. The summed E-state index contributed by atoms with van der Waals surface area (Å²) in [5, 5.41) is 15.2. The molecular formula is C13H14N4O3. The number of nitrogens with zero attached hydrogens (tertiary/aromatic N) is 4. The Kier molecular flexibility index (Phi) is 3.09. The van der Waals surface area contributed by atoms with Crippen LogP contribution >= 0.6 is 0 Å². The summed E-state index contributed by atoms with van der Waals surface area (Å²) >= 11 is 0. The number of hydrogen-bond acceptors (Lipinski definition) is 5. The van der Waals surface area contributed by atoms with Crippen molar-refractivity contribution in [1.82, 2.24) is 14.8 Å². The Morgan fingerprint density at radius 1 is 1.45 bits per heavy atom. The maximum Gasteiger partial charge on any atom is 0.232 e. The van der Waals surface area contributed by atoms with Gasteiger partial charge in [0.1, 0.15) is 18.1 Å². The van der Waals surface area contributed by atoms with E-state index >= 15 is 0 Å². The van der Waals surface area contributed by atoms with E-state index in [1.54, 1.807) is 11.8 Å². The molecule has 20 heavy (non-hydrogen) atoms. The van der Waals surface area contributed by atoms with E-state index in [4.69, 9.17) is 4.74 Å². The Morgan fingerprint density at radius 2 is 2.25 bits per heavy atom. The van der Waals surface area contributed by atoms with E-state index in [1.807, 2.05) is 24.3 Å². The van der Waals surface area contributed by atoms with E-state index in [0.29, 0.717) is 24.4 Å². The lowest BCUT2D eigenvalue weighted by molar-refractivity contribution is -0.527. The number of rotatable bonds is 3. The van der Waals surface area contributed by atoms with Crippen LogP contribution in [0.15, 0.2) is 24.3 Å². The van der Waals surface area contributed by atoms with E-state index in [2.05, 4.69) is 10.1 Å². The van der Waals surface area contributed by atoms with E-state index in [0.717, 1.165) is 11.4 Å². The van der Waals surface area contributed by atoms with Crippen LogP contribution in [0.3, 0.4) is 0 Å².